The molecule has 0 heterocycles. The quantitative estimate of drug-likeness (QED) is 0.258. The highest BCUT2D eigenvalue weighted by molar-refractivity contribution is 8.00. The van der Waals surface area contributed by atoms with Gasteiger partial charge in [-0.25, -0.2) is 0 Å². The first kappa shape index (κ1) is 30.7. The molecule has 0 saturated heterocycles. The van der Waals surface area contributed by atoms with Crippen LogP contribution in [0.1, 0.15) is 93.4 Å². The molecular formula is C34H50O3S2. The smallest absolute Gasteiger partial charge is 0.125 e. The fourth-order valence-corrected chi connectivity index (χ4v) is 8.60. The molecule has 39 heavy (non-hydrogen) atoms. The lowest BCUT2D eigenvalue weighted by Gasteiger charge is -2.28. The summed E-state index contributed by atoms with van der Waals surface area (Å²) in [6.45, 7) is 11.5. The van der Waals surface area contributed by atoms with E-state index in [0.717, 1.165) is 46.0 Å². The van der Waals surface area contributed by atoms with Crippen molar-refractivity contribution in [2.45, 2.75) is 115 Å². The summed E-state index contributed by atoms with van der Waals surface area (Å²) in [5, 5.41) is 12.5. The van der Waals surface area contributed by atoms with Crippen LogP contribution in [0.2, 0.25) is 0 Å². The molecule has 2 fully saturated rings. The molecule has 0 amide bonds. The average Bonchev–Trinajstić information content (AvgIpc) is 2.91. The Morgan fingerprint density at radius 1 is 0.692 bits per heavy atom. The molecule has 5 heteroatoms. The summed E-state index contributed by atoms with van der Waals surface area (Å²) in [6, 6.07) is 8.92. The second kappa shape index (κ2) is 14.5. The number of hydrogen-bond donors (Lipinski definition) is 1. The third-order valence-electron chi connectivity index (χ3n) is 8.20. The molecule has 1 N–H and O–H groups in total. The first-order chi connectivity index (χ1) is 18.7. The van der Waals surface area contributed by atoms with Gasteiger partial charge >= 0.3 is 0 Å². The fraction of sp³-hybridized carbons (Fsp3) is 0.647. The molecule has 2 saturated carbocycles. The lowest BCUT2D eigenvalue weighted by molar-refractivity contribution is 0.0322. The Morgan fingerprint density at radius 2 is 1.13 bits per heavy atom. The van der Waals surface area contributed by atoms with Crippen LogP contribution in [-0.4, -0.2) is 45.9 Å². The minimum atomic E-state index is -0.835. The Morgan fingerprint density at radius 3 is 1.62 bits per heavy atom. The minimum absolute atomic E-state index is 0.316. The Labute approximate surface area is 246 Å². The summed E-state index contributed by atoms with van der Waals surface area (Å²) in [7, 11) is 0. The van der Waals surface area contributed by atoms with Gasteiger partial charge in [-0.1, -0.05) is 38.5 Å². The van der Waals surface area contributed by atoms with Crippen molar-refractivity contribution in [1.82, 2.24) is 0 Å². The van der Waals surface area contributed by atoms with E-state index in [1.165, 1.54) is 86.5 Å². The van der Waals surface area contributed by atoms with Gasteiger partial charge < -0.3 is 14.6 Å². The third kappa shape index (κ3) is 9.10. The second-order valence-electron chi connectivity index (χ2n) is 12.2. The van der Waals surface area contributed by atoms with E-state index in [0.29, 0.717) is 11.9 Å². The molecule has 2 aliphatic rings. The topological polar surface area (TPSA) is 38.7 Å². The van der Waals surface area contributed by atoms with Gasteiger partial charge in [-0.15, -0.1) is 0 Å². The Balaban J connectivity index is 1.34. The SMILES string of the molecule is Cc1cc(-c2cc(C)c(OCC(C)(O)CSC3CCCCC3)c(C)c2)cc(C)c1OCCSC1CCCCC1. The summed E-state index contributed by atoms with van der Waals surface area (Å²) in [5.41, 5.74) is 6.17. The Bertz CT molecular complexity index is 1020. The minimum Gasteiger partial charge on any atom is -0.492 e. The van der Waals surface area contributed by atoms with Crippen molar-refractivity contribution in [2.75, 3.05) is 24.7 Å². The molecule has 1 unspecified atom stereocenters. The van der Waals surface area contributed by atoms with Crippen molar-refractivity contribution in [1.29, 1.82) is 0 Å². The van der Waals surface area contributed by atoms with E-state index in [-0.39, 0.29) is 0 Å². The maximum absolute atomic E-state index is 11.0. The number of hydrogen-bond acceptors (Lipinski definition) is 5. The first-order valence-electron chi connectivity index (χ1n) is 15.2. The number of ether oxygens (including phenoxy) is 2. The van der Waals surface area contributed by atoms with E-state index in [1.54, 1.807) is 0 Å². The number of benzene rings is 2. The van der Waals surface area contributed by atoms with Crippen LogP contribution in [0.25, 0.3) is 11.1 Å². The van der Waals surface area contributed by atoms with Gasteiger partial charge in [0.15, 0.2) is 0 Å². The molecule has 1 atom stereocenters. The molecule has 0 spiro atoms. The monoisotopic (exact) mass is 570 g/mol. The van der Waals surface area contributed by atoms with Crippen LogP contribution in [0, 0.1) is 27.7 Å². The predicted octanol–water partition coefficient (Wildman–Crippen LogP) is 9.23. The first-order valence-corrected chi connectivity index (χ1v) is 17.3. The van der Waals surface area contributed by atoms with Crippen molar-refractivity contribution < 1.29 is 14.6 Å². The van der Waals surface area contributed by atoms with Gasteiger partial charge in [-0.2, -0.15) is 23.5 Å². The van der Waals surface area contributed by atoms with Crippen LogP contribution in [0.4, 0.5) is 0 Å². The standard InChI is InChI=1S/C34H50O3S2/c1-24-18-28(19-25(2)32(24)36-16-17-38-30-12-8-6-9-13-30)29-20-26(3)33(27(4)21-29)37-22-34(5,35)23-39-31-14-10-7-11-15-31/h18-21,30-31,35H,6-17,22-23H2,1-5H3. The molecule has 0 radical (unpaired) electrons. The van der Waals surface area contributed by atoms with E-state index < -0.39 is 5.60 Å². The summed E-state index contributed by atoms with van der Waals surface area (Å²) < 4.78 is 12.5. The largest absolute Gasteiger partial charge is 0.492 e. The lowest BCUT2D eigenvalue weighted by Crippen LogP contribution is -2.36. The number of aryl methyl sites for hydroxylation is 4. The van der Waals surface area contributed by atoms with Gasteiger partial charge in [-0.3, -0.25) is 0 Å². The van der Waals surface area contributed by atoms with Gasteiger partial charge in [0.1, 0.15) is 23.7 Å². The fourth-order valence-electron chi connectivity index (χ4n) is 6.08. The Hall–Kier alpha value is -1.30. The molecular weight excluding hydrogens is 521 g/mol. The normalized spacial score (nSPS) is 18.6. The molecule has 2 aromatic carbocycles. The maximum atomic E-state index is 11.0. The van der Waals surface area contributed by atoms with Crippen molar-refractivity contribution in [3.05, 3.63) is 46.5 Å². The predicted molar refractivity (Wildman–Crippen MR) is 171 cm³/mol. The van der Waals surface area contributed by atoms with Crippen molar-refractivity contribution >= 4 is 23.5 Å². The second-order valence-corrected chi connectivity index (χ2v) is 14.9. The van der Waals surface area contributed by atoms with E-state index in [1.807, 2.05) is 18.7 Å². The maximum Gasteiger partial charge on any atom is 0.125 e. The third-order valence-corrected chi connectivity index (χ3v) is 11.3. The average molecular weight is 571 g/mol. The summed E-state index contributed by atoms with van der Waals surface area (Å²) in [4.78, 5) is 0. The number of aliphatic hydroxyl groups is 1. The molecule has 0 aliphatic heterocycles. The summed E-state index contributed by atoms with van der Waals surface area (Å²) in [5.74, 6) is 3.72. The lowest BCUT2D eigenvalue weighted by atomic mass is 9.96. The molecule has 0 bridgehead atoms. The molecule has 0 aromatic heterocycles. The molecule has 4 rings (SSSR count). The Kier molecular flexibility index (Phi) is 11.4. The zero-order valence-corrected chi connectivity index (χ0v) is 26.6. The zero-order chi connectivity index (χ0) is 27.8. The van der Waals surface area contributed by atoms with Crippen molar-refractivity contribution in [3.8, 4) is 22.6 Å². The van der Waals surface area contributed by atoms with Gasteiger partial charge in [0, 0.05) is 22.0 Å². The van der Waals surface area contributed by atoms with E-state index in [4.69, 9.17) is 9.47 Å². The van der Waals surface area contributed by atoms with Gasteiger partial charge in [0.25, 0.3) is 0 Å². The van der Waals surface area contributed by atoms with Crippen LogP contribution < -0.4 is 9.47 Å². The van der Waals surface area contributed by atoms with Crippen LogP contribution in [-0.2, 0) is 0 Å². The van der Waals surface area contributed by atoms with Gasteiger partial charge in [0.05, 0.1) is 6.61 Å². The molecule has 2 aliphatic carbocycles. The van der Waals surface area contributed by atoms with Crippen LogP contribution in [0.3, 0.4) is 0 Å². The molecule has 216 valence electrons. The van der Waals surface area contributed by atoms with E-state index >= 15 is 0 Å². The van der Waals surface area contributed by atoms with Gasteiger partial charge in [0.2, 0.25) is 0 Å². The summed E-state index contributed by atoms with van der Waals surface area (Å²) in [6.07, 6.45) is 13.5. The van der Waals surface area contributed by atoms with Crippen LogP contribution >= 0.6 is 23.5 Å². The number of thioether (sulfide) groups is 2. The van der Waals surface area contributed by atoms with Crippen LogP contribution in [0.15, 0.2) is 24.3 Å². The number of rotatable bonds is 12. The van der Waals surface area contributed by atoms with Gasteiger partial charge in [-0.05, 0) is 118 Å². The molecule has 2 aromatic rings. The van der Waals surface area contributed by atoms with E-state index in [2.05, 4.69) is 63.7 Å². The summed E-state index contributed by atoms with van der Waals surface area (Å²) >= 11 is 4.02. The highest BCUT2D eigenvalue weighted by Gasteiger charge is 2.25. The zero-order valence-electron chi connectivity index (χ0n) is 24.9. The highest BCUT2D eigenvalue weighted by atomic mass is 32.2. The molecule has 3 nitrogen and oxygen atoms in total. The van der Waals surface area contributed by atoms with Crippen LogP contribution in [0.5, 0.6) is 11.5 Å². The van der Waals surface area contributed by atoms with Crippen molar-refractivity contribution in [2.24, 2.45) is 0 Å². The van der Waals surface area contributed by atoms with E-state index in [9.17, 15) is 5.11 Å². The van der Waals surface area contributed by atoms with Crippen molar-refractivity contribution in [3.63, 3.8) is 0 Å². The highest BCUT2D eigenvalue weighted by Crippen LogP contribution is 2.36.